The van der Waals surface area contributed by atoms with Gasteiger partial charge in [-0.25, -0.2) is 4.79 Å². The number of amides is 1. The van der Waals surface area contributed by atoms with Crippen molar-refractivity contribution in [3.63, 3.8) is 0 Å². The van der Waals surface area contributed by atoms with E-state index in [0.29, 0.717) is 18.7 Å². The smallest absolute Gasteiger partial charge is 0.416 e. The van der Waals surface area contributed by atoms with Crippen LogP contribution in [0.4, 0.5) is 18.0 Å². The number of nitrogens with zero attached hydrogens (tertiary/aromatic N) is 1. The first-order valence-electron chi connectivity index (χ1n) is 7.21. The second kappa shape index (κ2) is 7.18. The number of ether oxygens (including phenoxy) is 1. The monoisotopic (exact) mass is 332 g/mol. The third kappa shape index (κ3) is 4.14. The molecule has 0 aliphatic carbocycles. The zero-order valence-corrected chi connectivity index (χ0v) is 12.6. The van der Waals surface area contributed by atoms with Crippen molar-refractivity contribution in [2.75, 3.05) is 33.4 Å². The number of methoxy groups -OCH3 is 1. The minimum absolute atomic E-state index is 0.174. The number of hydrogen-bond donors (Lipinski definition) is 2. The molecule has 1 aliphatic heterocycles. The van der Waals surface area contributed by atoms with Gasteiger partial charge in [0.2, 0.25) is 0 Å². The molecule has 0 spiro atoms. The summed E-state index contributed by atoms with van der Waals surface area (Å²) in [6.45, 7) is 1.24. The molecule has 1 aromatic carbocycles. The third-order valence-electron chi connectivity index (χ3n) is 4.01. The van der Waals surface area contributed by atoms with Crippen LogP contribution in [-0.2, 0) is 10.9 Å². The summed E-state index contributed by atoms with van der Waals surface area (Å²) in [4.78, 5) is 12.7. The Morgan fingerprint density at radius 2 is 2.17 bits per heavy atom. The lowest BCUT2D eigenvalue weighted by Gasteiger charge is -2.30. The average molecular weight is 332 g/mol. The predicted molar refractivity (Wildman–Crippen MR) is 77.4 cm³/mol. The quantitative estimate of drug-likeness (QED) is 0.869. The molecule has 23 heavy (non-hydrogen) atoms. The zero-order chi connectivity index (χ0) is 17.0. The Balaban J connectivity index is 2.25. The highest BCUT2D eigenvalue weighted by atomic mass is 19.4. The first kappa shape index (κ1) is 17.6. The Labute approximate surface area is 132 Å². The van der Waals surface area contributed by atoms with Crippen molar-refractivity contribution >= 4 is 6.09 Å². The molecule has 2 N–H and O–H groups in total. The lowest BCUT2D eigenvalue weighted by atomic mass is 9.92. The van der Waals surface area contributed by atoms with Gasteiger partial charge in [-0.2, -0.15) is 13.2 Å². The number of benzene rings is 1. The van der Waals surface area contributed by atoms with Gasteiger partial charge < -0.3 is 20.1 Å². The largest absolute Gasteiger partial charge is 0.465 e. The molecule has 8 heteroatoms. The summed E-state index contributed by atoms with van der Waals surface area (Å²) in [5, 5.41) is 12.4. The van der Waals surface area contributed by atoms with Crippen molar-refractivity contribution in [1.29, 1.82) is 0 Å². The van der Waals surface area contributed by atoms with E-state index in [2.05, 4.69) is 5.32 Å². The van der Waals surface area contributed by atoms with E-state index in [1.54, 1.807) is 6.07 Å². The van der Waals surface area contributed by atoms with Crippen LogP contribution in [0.25, 0.3) is 0 Å². The molecule has 1 aromatic rings. The highest BCUT2D eigenvalue weighted by Crippen LogP contribution is 2.33. The third-order valence-corrected chi connectivity index (χ3v) is 4.01. The molecule has 5 nitrogen and oxygen atoms in total. The van der Waals surface area contributed by atoms with Crippen molar-refractivity contribution in [2.24, 2.45) is 0 Å². The van der Waals surface area contributed by atoms with Crippen molar-refractivity contribution in [1.82, 2.24) is 10.2 Å². The van der Waals surface area contributed by atoms with Gasteiger partial charge in [0.25, 0.3) is 0 Å². The van der Waals surface area contributed by atoms with Gasteiger partial charge in [-0.3, -0.25) is 0 Å². The number of carboxylic acid groups (broad SMARTS) is 1. The summed E-state index contributed by atoms with van der Waals surface area (Å²) in [6, 6.07) is 4.65. The van der Waals surface area contributed by atoms with Gasteiger partial charge in [-0.15, -0.1) is 0 Å². The summed E-state index contributed by atoms with van der Waals surface area (Å²) in [7, 11) is 1.47. The molecule has 1 heterocycles. The lowest BCUT2D eigenvalue weighted by Crippen LogP contribution is -2.45. The summed E-state index contributed by atoms with van der Waals surface area (Å²) in [5.41, 5.74) is -0.238. The molecule has 1 aliphatic rings. The maximum absolute atomic E-state index is 12.9. The molecule has 0 radical (unpaired) electrons. The van der Waals surface area contributed by atoms with Crippen LogP contribution in [0, 0.1) is 0 Å². The average Bonchev–Trinajstić information content (AvgIpc) is 2.96. The number of hydrogen-bond acceptors (Lipinski definition) is 3. The van der Waals surface area contributed by atoms with Crippen LogP contribution in [0.15, 0.2) is 24.3 Å². The van der Waals surface area contributed by atoms with E-state index in [-0.39, 0.29) is 19.1 Å². The molecule has 0 aromatic heterocycles. The fourth-order valence-electron chi connectivity index (χ4n) is 2.87. The van der Waals surface area contributed by atoms with Gasteiger partial charge in [-0.05, 0) is 11.6 Å². The molecule has 0 saturated carbocycles. The van der Waals surface area contributed by atoms with E-state index < -0.39 is 23.9 Å². The van der Waals surface area contributed by atoms with Crippen molar-refractivity contribution in [3.05, 3.63) is 35.4 Å². The van der Waals surface area contributed by atoms with E-state index in [1.807, 2.05) is 0 Å². The maximum Gasteiger partial charge on any atom is 0.416 e. The first-order chi connectivity index (χ1) is 10.8. The summed E-state index contributed by atoms with van der Waals surface area (Å²) < 4.78 is 43.5. The number of rotatable bonds is 5. The van der Waals surface area contributed by atoms with Gasteiger partial charge in [0.1, 0.15) is 0 Å². The van der Waals surface area contributed by atoms with Crippen LogP contribution in [0.3, 0.4) is 0 Å². The highest BCUT2D eigenvalue weighted by molar-refractivity contribution is 5.66. The summed E-state index contributed by atoms with van der Waals surface area (Å²) >= 11 is 0. The topological polar surface area (TPSA) is 61.8 Å². The fraction of sp³-hybridized carbons (Fsp3) is 0.533. The van der Waals surface area contributed by atoms with Gasteiger partial charge in [0, 0.05) is 32.7 Å². The van der Waals surface area contributed by atoms with Gasteiger partial charge >= 0.3 is 12.3 Å². The highest BCUT2D eigenvalue weighted by Gasteiger charge is 2.37. The van der Waals surface area contributed by atoms with Crippen molar-refractivity contribution < 1.29 is 27.8 Å². The molecule has 2 unspecified atom stereocenters. The Morgan fingerprint density at radius 3 is 2.78 bits per heavy atom. The van der Waals surface area contributed by atoms with E-state index >= 15 is 0 Å². The predicted octanol–water partition coefficient (Wildman–Crippen LogP) is 2.39. The maximum atomic E-state index is 12.9. The number of carbonyl (C=O) groups is 1. The van der Waals surface area contributed by atoms with Crippen LogP contribution in [0.2, 0.25) is 0 Å². The molecule has 1 saturated heterocycles. The Kier molecular flexibility index (Phi) is 5.48. The second-order valence-corrected chi connectivity index (χ2v) is 5.42. The number of alkyl halides is 3. The number of nitrogens with one attached hydrogen (secondary N) is 1. The van der Waals surface area contributed by atoms with E-state index in [9.17, 15) is 23.1 Å². The van der Waals surface area contributed by atoms with Gasteiger partial charge in [0.15, 0.2) is 0 Å². The van der Waals surface area contributed by atoms with E-state index in [0.717, 1.165) is 12.1 Å². The second-order valence-electron chi connectivity index (χ2n) is 5.42. The SMILES string of the molecule is COCCN(C(=O)O)C1CNCC1c1cccc(C(F)(F)F)c1. The standard InChI is InChI=1S/C15H19F3N2O3/c1-23-6-5-20(14(21)22)13-9-19-8-12(13)10-3-2-4-11(7-10)15(16,17)18/h2-4,7,12-13,19H,5-6,8-9H2,1H3,(H,21,22). The molecule has 2 atom stereocenters. The zero-order valence-electron chi connectivity index (χ0n) is 12.6. The lowest BCUT2D eigenvalue weighted by molar-refractivity contribution is -0.137. The first-order valence-corrected chi connectivity index (χ1v) is 7.21. The Hall–Kier alpha value is -1.80. The van der Waals surface area contributed by atoms with Crippen LogP contribution in [-0.4, -0.2) is 55.5 Å². The van der Waals surface area contributed by atoms with E-state index in [1.165, 1.54) is 18.1 Å². The van der Waals surface area contributed by atoms with Crippen molar-refractivity contribution in [2.45, 2.75) is 18.1 Å². The van der Waals surface area contributed by atoms with Crippen molar-refractivity contribution in [3.8, 4) is 0 Å². The minimum Gasteiger partial charge on any atom is -0.465 e. The normalized spacial score (nSPS) is 21.4. The summed E-state index contributed by atoms with van der Waals surface area (Å²) in [6.07, 6.45) is -5.52. The van der Waals surface area contributed by atoms with Crippen LogP contribution >= 0.6 is 0 Å². The van der Waals surface area contributed by atoms with Crippen LogP contribution in [0.5, 0.6) is 0 Å². The molecular formula is C15H19F3N2O3. The molecule has 2 rings (SSSR count). The molecule has 128 valence electrons. The summed E-state index contributed by atoms with van der Waals surface area (Å²) in [5.74, 6) is -0.328. The van der Waals surface area contributed by atoms with Crippen LogP contribution in [0.1, 0.15) is 17.0 Å². The van der Waals surface area contributed by atoms with Crippen LogP contribution < -0.4 is 5.32 Å². The Morgan fingerprint density at radius 1 is 1.43 bits per heavy atom. The number of halogens is 3. The fourth-order valence-corrected chi connectivity index (χ4v) is 2.87. The molecule has 0 bridgehead atoms. The van der Waals surface area contributed by atoms with Gasteiger partial charge in [0.05, 0.1) is 18.2 Å². The molecule has 1 amide bonds. The molecular weight excluding hydrogens is 313 g/mol. The Bertz CT molecular complexity index is 551. The van der Waals surface area contributed by atoms with E-state index in [4.69, 9.17) is 4.74 Å². The van der Waals surface area contributed by atoms with Gasteiger partial charge in [-0.1, -0.05) is 18.2 Å². The molecule has 1 fully saturated rings. The minimum atomic E-state index is -4.42.